The van der Waals surface area contributed by atoms with Gasteiger partial charge in [0.2, 0.25) is 0 Å². The van der Waals surface area contributed by atoms with Gasteiger partial charge in [-0.05, 0) is 19.8 Å². The number of nitrogens with two attached hydrogens (primary N) is 1. The Labute approximate surface area is 108 Å². The number of nitrogens with zero attached hydrogens (tertiary/aromatic N) is 2. The zero-order valence-electron chi connectivity index (χ0n) is 11.4. The molecule has 0 amide bonds. The zero-order chi connectivity index (χ0) is 13.4. The van der Waals surface area contributed by atoms with Crippen molar-refractivity contribution in [2.24, 2.45) is 5.84 Å². The second-order valence-corrected chi connectivity index (χ2v) is 4.28. The normalized spacial score (nSPS) is 12.2. The van der Waals surface area contributed by atoms with Crippen LogP contribution in [-0.2, 0) is 11.2 Å². The lowest BCUT2D eigenvalue weighted by molar-refractivity contribution is 0.191. The molecule has 102 valence electrons. The van der Waals surface area contributed by atoms with E-state index in [2.05, 4.69) is 34.6 Å². The maximum atomic E-state index is 5.41. The molecule has 0 saturated heterocycles. The highest BCUT2D eigenvalue weighted by Crippen LogP contribution is 2.13. The Morgan fingerprint density at radius 1 is 1.39 bits per heavy atom. The highest BCUT2D eigenvalue weighted by Gasteiger charge is 2.06. The topological polar surface area (TPSA) is 85.1 Å². The van der Waals surface area contributed by atoms with Gasteiger partial charge in [0.15, 0.2) is 0 Å². The van der Waals surface area contributed by atoms with Crippen molar-refractivity contribution >= 4 is 11.6 Å². The maximum absolute atomic E-state index is 5.41. The minimum atomic E-state index is 0.292. The van der Waals surface area contributed by atoms with Crippen LogP contribution in [-0.4, -0.2) is 29.7 Å². The summed E-state index contributed by atoms with van der Waals surface area (Å²) in [6.45, 7) is 4.92. The summed E-state index contributed by atoms with van der Waals surface area (Å²) in [5.74, 6) is 7.64. The van der Waals surface area contributed by atoms with Gasteiger partial charge in [0.05, 0.1) is 0 Å². The summed E-state index contributed by atoms with van der Waals surface area (Å²) in [5, 5.41) is 3.32. The van der Waals surface area contributed by atoms with Crippen LogP contribution in [0.4, 0.5) is 11.6 Å². The fraction of sp³-hybridized carbons (Fsp3) is 0.667. The molecule has 0 radical (unpaired) electrons. The lowest BCUT2D eigenvalue weighted by Gasteiger charge is -2.15. The smallest absolute Gasteiger partial charge is 0.145 e. The number of hydrogen-bond acceptors (Lipinski definition) is 6. The maximum Gasteiger partial charge on any atom is 0.145 e. The summed E-state index contributed by atoms with van der Waals surface area (Å²) in [6, 6.07) is 2.10. The number of nitrogens with one attached hydrogen (secondary N) is 2. The van der Waals surface area contributed by atoms with Gasteiger partial charge in [0.1, 0.15) is 17.5 Å². The Morgan fingerprint density at radius 3 is 2.72 bits per heavy atom. The van der Waals surface area contributed by atoms with E-state index in [1.165, 1.54) is 0 Å². The van der Waals surface area contributed by atoms with Crippen LogP contribution in [0, 0.1) is 0 Å². The molecule has 0 aromatic carbocycles. The van der Waals surface area contributed by atoms with E-state index < -0.39 is 0 Å². The molecule has 1 rings (SSSR count). The predicted molar refractivity (Wildman–Crippen MR) is 73.4 cm³/mol. The van der Waals surface area contributed by atoms with Gasteiger partial charge in [0.25, 0.3) is 0 Å². The fourth-order valence-electron chi connectivity index (χ4n) is 1.60. The van der Waals surface area contributed by atoms with Gasteiger partial charge < -0.3 is 15.5 Å². The van der Waals surface area contributed by atoms with E-state index in [0.717, 1.165) is 37.5 Å². The molecule has 0 aliphatic carbocycles. The molecule has 0 saturated carbocycles. The molecule has 0 aliphatic heterocycles. The van der Waals surface area contributed by atoms with Crippen molar-refractivity contribution in [3.63, 3.8) is 0 Å². The Kier molecular flexibility index (Phi) is 6.38. The monoisotopic (exact) mass is 253 g/mol. The number of nitrogen functional groups attached to an aromatic ring is 1. The van der Waals surface area contributed by atoms with Crippen molar-refractivity contribution in [1.82, 2.24) is 9.97 Å². The molecule has 0 spiro atoms. The molecular formula is C12H23N5O. The van der Waals surface area contributed by atoms with Gasteiger partial charge in [-0.15, -0.1) is 0 Å². The van der Waals surface area contributed by atoms with Crippen LogP contribution in [0.1, 0.15) is 32.5 Å². The number of rotatable bonds is 8. The van der Waals surface area contributed by atoms with Crippen LogP contribution >= 0.6 is 0 Å². The van der Waals surface area contributed by atoms with Crippen LogP contribution in [0.15, 0.2) is 6.07 Å². The zero-order valence-corrected chi connectivity index (χ0v) is 11.4. The molecule has 0 fully saturated rings. The van der Waals surface area contributed by atoms with Crippen molar-refractivity contribution in [2.75, 3.05) is 24.5 Å². The molecule has 6 nitrogen and oxygen atoms in total. The first-order valence-electron chi connectivity index (χ1n) is 6.29. The SMILES string of the molecule is CCCc1nc(NN)cc(NC(C)CCOC)n1. The summed E-state index contributed by atoms with van der Waals surface area (Å²) in [5.41, 5.74) is 2.57. The van der Waals surface area contributed by atoms with E-state index in [4.69, 9.17) is 10.6 Å². The highest BCUT2D eigenvalue weighted by atomic mass is 16.5. The van der Waals surface area contributed by atoms with E-state index in [-0.39, 0.29) is 0 Å². The van der Waals surface area contributed by atoms with E-state index >= 15 is 0 Å². The Morgan fingerprint density at radius 2 is 2.11 bits per heavy atom. The van der Waals surface area contributed by atoms with Gasteiger partial charge in [-0.1, -0.05) is 6.92 Å². The average Bonchev–Trinajstić information content (AvgIpc) is 2.36. The van der Waals surface area contributed by atoms with Crippen molar-refractivity contribution in [3.8, 4) is 0 Å². The number of hydrogen-bond donors (Lipinski definition) is 3. The van der Waals surface area contributed by atoms with Gasteiger partial charge in [-0.3, -0.25) is 0 Å². The quantitative estimate of drug-likeness (QED) is 0.481. The molecule has 4 N–H and O–H groups in total. The number of hydrazine groups is 1. The first-order chi connectivity index (χ1) is 8.69. The first kappa shape index (κ1) is 14.7. The summed E-state index contributed by atoms with van der Waals surface area (Å²) in [4.78, 5) is 8.76. The second-order valence-electron chi connectivity index (χ2n) is 4.28. The molecular weight excluding hydrogens is 230 g/mol. The molecule has 1 heterocycles. The van der Waals surface area contributed by atoms with Crippen LogP contribution in [0.25, 0.3) is 0 Å². The third-order valence-corrected chi connectivity index (χ3v) is 2.54. The van der Waals surface area contributed by atoms with E-state index in [1.54, 1.807) is 7.11 Å². The number of ether oxygens (including phenoxy) is 1. The van der Waals surface area contributed by atoms with Crippen LogP contribution < -0.4 is 16.6 Å². The second kappa shape index (κ2) is 7.84. The third kappa shape index (κ3) is 4.85. The lowest BCUT2D eigenvalue weighted by atomic mass is 10.2. The molecule has 6 heteroatoms. The molecule has 1 aromatic rings. The largest absolute Gasteiger partial charge is 0.385 e. The van der Waals surface area contributed by atoms with E-state index in [0.29, 0.717) is 11.9 Å². The Balaban J connectivity index is 2.71. The number of aryl methyl sites for hydroxylation is 1. The predicted octanol–water partition coefficient (Wildman–Crippen LogP) is 1.55. The van der Waals surface area contributed by atoms with Crippen molar-refractivity contribution in [3.05, 3.63) is 11.9 Å². The standard InChI is InChI=1S/C12H23N5O/c1-4-5-10-15-11(8-12(16-10)17-13)14-9(2)6-7-18-3/h8-9H,4-7,13H2,1-3H3,(H2,14,15,16,17). The molecule has 18 heavy (non-hydrogen) atoms. The molecule has 1 unspecified atom stereocenters. The van der Waals surface area contributed by atoms with Crippen molar-refractivity contribution < 1.29 is 4.74 Å². The summed E-state index contributed by atoms with van der Waals surface area (Å²) >= 11 is 0. The molecule has 0 bridgehead atoms. The summed E-state index contributed by atoms with van der Waals surface area (Å²) in [6.07, 6.45) is 2.78. The van der Waals surface area contributed by atoms with E-state index in [9.17, 15) is 0 Å². The third-order valence-electron chi connectivity index (χ3n) is 2.54. The average molecular weight is 253 g/mol. The van der Waals surface area contributed by atoms with Crippen LogP contribution in [0.5, 0.6) is 0 Å². The minimum Gasteiger partial charge on any atom is -0.385 e. The molecule has 1 aromatic heterocycles. The first-order valence-corrected chi connectivity index (χ1v) is 6.29. The Hall–Kier alpha value is -1.40. The van der Waals surface area contributed by atoms with Crippen molar-refractivity contribution in [2.45, 2.75) is 39.2 Å². The van der Waals surface area contributed by atoms with Gasteiger partial charge in [-0.25, -0.2) is 15.8 Å². The number of methoxy groups -OCH3 is 1. The minimum absolute atomic E-state index is 0.292. The van der Waals surface area contributed by atoms with Gasteiger partial charge in [0, 0.05) is 32.2 Å². The van der Waals surface area contributed by atoms with Crippen molar-refractivity contribution in [1.29, 1.82) is 0 Å². The summed E-state index contributed by atoms with van der Waals surface area (Å²) < 4.78 is 5.05. The highest BCUT2D eigenvalue weighted by molar-refractivity contribution is 5.47. The Bertz CT molecular complexity index is 358. The number of anilines is 2. The van der Waals surface area contributed by atoms with Crippen LogP contribution in [0.3, 0.4) is 0 Å². The van der Waals surface area contributed by atoms with E-state index in [1.807, 2.05) is 6.07 Å². The van der Waals surface area contributed by atoms with Gasteiger partial charge >= 0.3 is 0 Å². The fourth-order valence-corrected chi connectivity index (χ4v) is 1.60. The van der Waals surface area contributed by atoms with Gasteiger partial charge in [-0.2, -0.15) is 0 Å². The lowest BCUT2D eigenvalue weighted by Crippen LogP contribution is -2.19. The molecule has 1 atom stereocenters. The van der Waals surface area contributed by atoms with Crippen LogP contribution in [0.2, 0.25) is 0 Å². The molecule has 0 aliphatic rings. The summed E-state index contributed by atoms with van der Waals surface area (Å²) in [7, 11) is 1.70. The number of aromatic nitrogens is 2.